The normalized spacial score (nSPS) is 12.0. The molecule has 0 spiro atoms. The van der Waals surface area contributed by atoms with Crippen molar-refractivity contribution in [3.05, 3.63) is 94.4 Å². The van der Waals surface area contributed by atoms with E-state index in [9.17, 15) is 40.7 Å². The maximum Gasteiger partial charge on any atom is 0.418 e. The standard InChI is InChI=1S/C26H17F6N7O3/c27-25(28,29)15-9-11-16(12-10-15)33-21(40)13-37(20-8-4-2-6-18(20)26(30,31)32)22(41)14-38-19-7-3-1-5-17(19)23-34-35-36-39(23)24(38)42/h1-12H,13-14H2,(H,33,40). The van der Waals surface area contributed by atoms with Gasteiger partial charge in [0.2, 0.25) is 11.8 Å². The van der Waals surface area contributed by atoms with E-state index in [1.165, 1.54) is 12.1 Å². The Balaban J connectivity index is 1.52. The van der Waals surface area contributed by atoms with Crippen LogP contribution in [0.1, 0.15) is 11.1 Å². The molecule has 2 amide bonds. The van der Waals surface area contributed by atoms with E-state index < -0.39 is 59.8 Å². The number of nitrogens with zero attached hydrogens (tertiary/aromatic N) is 6. The molecule has 5 aromatic rings. The zero-order chi connectivity index (χ0) is 30.2. The van der Waals surface area contributed by atoms with Crippen molar-refractivity contribution in [2.45, 2.75) is 18.9 Å². The first-order chi connectivity index (χ1) is 19.8. The van der Waals surface area contributed by atoms with Gasteiger partial charge in [-0.2, -0.15) is 26.3 Å². The van der Waals surface area contributed by atoms with Gasteiger partial charge in [0.15, 0.2) is 5.65 Å². The first-order valence-corrected chi connectivity index (χ1v) is 12.0. The van der Waals surface area contributed by atoms with Gasteiger partial charge in [-0.15, -0.1) is 9.61 Å². The van der Waals surface area contributed by atoms with Gasteiger partial charge in [-0.05, 0) is 59.0 Å². The van der Waals surface area contributed by atoms with E-state index in [1.807, 2.05) is 0 Å². The summed E-state index contributed by atoms with van der Waals surface area (Å²) >= 11 is 0. The lowest BCUT2D eigenvalue weighted by molar-refractivity contribution is -0.138. The Morgan fingerprint density at radius 1 is 0.857 bits per heavy atom. The Morgan fingerprint density at radius 2 is 1.52 bits per heavy atom. The molecule has 0 saturated carbocycles. The molecule has 0 fully saturated rings. The number of carbonyl (C=O) groups is 2. The third-order valence-corrected chi connectivity index (χ3v) is 6.21. The van der Waals surface area contributed by atoms with Gasteiger partial charge in [-0.3, -0.25) is 14.2 Å². The number of para-hydroxylation sites is 2. The number of anilines is 2. The molecule has 0 bridgehead atoms. The summed E-state index contributed by atoms with van der Waals surface area (Å²) in [5.41, 5.74) is -3.53. The minimum absolute atomic E-state index is 0.0872. The van der Waals surface area contributed by atoms with Crippen molar-refractivity contribution in [3.63, 3.8) is 0 Å². The average Bonchev–Trinajstić information content (AvgIpc) is 3.44. The predicted octanol–water partition coefficient (Wildman–Crippen LogP) is 4.15. The molecule has 0 aliphatic rings. The fraction of sp³-hybridized carbons (Fsp3) is 0.154. The lowest BCUT2D eigenvalue weighted by Gasteiger charge is -2.26. The molecule has 0 unspecified atom stereocenters. The van der Waals surface area contributed by atoms with Crippen molar-refractivity contribution in [3.8, 4) is 0 Å². The van der Waals surface area contributed by atoms with Gasteiger partial charge in [0.25, 0.3) is 0 Å². The van der Waals surface area contributed by atoms with Gasteiger partial charge in [0.1, 0.15) is 13.1 Å². The van der Waals surface area contributed by atoms with E-state index >= 15 is 0 Å². The molecule has 2 heterocycles. The maximum atomic E-state index is 13.9. The molecule has 42 heavy (non-hydrogen) atoms. The van der Waals surface area contributed by atoms with E-state index in [4.69, 9.17) is 0 Å². The van der Waals surface area contributed by atoms with Gasteiger partial charge < -0.3 is 10.2 Å². The molecule has 5 rings (SSSR count). The molecular weight excluding hydrogens is 572 g/mol. The molecule has 3 aromatic carbocycles. The monoisotopic (exact) mass is 589 g/mol. The molecule has 216 valence electrons. The van der Waals surface area contributed by atoms with Crippen LogP contribution in [-0.4, -0.2) is 43.0 Å². The molecule has 0 atom stereocenters. The smallest absolute Gasteiger partial charge is 0.325 e. The number of halogens is 6. The quantitative estimate of drug-likeness (QED) is 0.298. The third-order valence-electron chi connectivity index (χ3n) is 6.21. The second kappa shape index (κ2) is 10.6. The lowest BCUT2D eigenvalue weighted by Crippen LogP contribution is -2.43. The topological polar surface area (TPSA) is 114 Å². The Bertz CT molecular complexity index is 1860. The van der Waals surface area contributed by atoms with Crippen molar-refractivity contribution in [2.75, 3.05) is 16.8 Å². The van der Waals surface area contributed by atoms with Crippen molar-refractivity contribution in [2.24, 2.45) is 0 Å². The van der Waals surface area contributed by atoms with Gasteiger partial charge in [-0.25, -0.2) is 4.79 Å². The second-order valence-corrected chi connectivity index (χ2v) is 8.92. The zero-order valence-electron chi connectivity index (χ0n) is 21.0. The van der Waals surface area contributed by atoms with Crippen LogP contribution in [0.25, 0.3) is 16.6 Å². The van der Waals surface area contributed by atoms with Crippen LogP contribution in [0.15, 0.2) is 77.6 Å². The summed E-state index contributed by atoms with van der Waals surface area (Å²) in [7, 11) is 0. The largest absolute Gasteiger partial charge is 0.418 e. The van der Waals surface area contributed by atoms with Crippen LogP contribution in [0.5, 0.6) is 0 Å². The number of alkyl halides is 6. The zero-order valence-corrected chi connectivity index (χ0v) is 21.0. The fourth-order valence-corrected chi connectivity index (χ4v) is 4.32. The number of tetrazole rings is 1. The summed E-state index contributed by atoms with van der Waals surface area (Å²) in [4.78, 5) is 40.3. The molecular formula is C26H17F6N7O3. The molecule has 0 radical (unpaired) electrons. The van der Waals surface area contributed by atoms with Crippen molar-refractivity contribution < 1.29 is 35.9 Å². The summed E-state index contributed by atoms with van der Waals surface area (Å²) in [6.07, 6.45) is -9.55. The average molecular weight is 589 g/mol. The Labute approximate surface area is 230 Å². The van der Waals surface area contributed by atoms with Gasteiger partial charge in [0.05, 0.1) is 22.3 Å². The first kappa shape index (κ1) is 28.3. The third kappa shape index (κ3) is 5.50. The summed E-state index contributed by atoms with van der Waals surface area (Å²) in [5, 5.41) is 13.5. The number of amides is 2. The van der Waals surface area contributed by atoms with Gasteiger partial charge in [-0.1, -0.05) is 24.3 Å². The minimum Gasteiger partial charge on any atom is -0.325 e. The number of carbonyl (C=O) groups excluding carboxylic acids is 2. The highest BCUT2D eigenvalue weighted by Crippen LogP contribution is 2.37. The number of hydrogen-bond donors (Lipinski definition) is 1. The SMILES string of the molecule is O=C(CN(C(=O)Cn1c(=O)n2nnnc2c2ccccc21)c1ccccc1C(F)(F)F)Nc1ccc(C(F)(F)F)cc1. The molecule has 0 aliphatic heterocycles. The molecule has 0 aliphatic carbocycles. The van der Waals surface area contributed by atoms with Gasteiger partial charge >= 0.3 is 18.0 Å². The Hall–Kier alpha value is -5.28. The van der Waals surface area contributed by atoms with Crippen LogP contribution in [0, 0.1) is 0 Å². The number of hydrogen-bond acceptors (Lipinski definition) is 6. The van der Waals surface area contributed by atoms with Crippen LogP contribution in [0.3, 0.4) is 0 Å². The van der Waals surface area contributed by atoms with Crippen LogP contribution in [0.2, 0.25) is 0 Å². The highest BCUT2D eigenvalue weighted by molar-refractivity contribution is 6.03. The predicted molar refractivity (Wildman–Crippen MR) is 136 cm³/mol. The molecule has 1 N–H and O–H groups in total. The van der Waals surface area contributed by atoms with Gasteiger partial charge in [0, 0.05) is 11.1 Å². The second-order valence-electron chi connectivity index (χ2n) is 8.92. The van der Waals surface area contributed by atoms with Crippen LogP contribution in [0.4, 0.5) is 37.7 Å². The molecule has 0 saturated heterocycles. The highest BCUT2D eigenvalue weighted by Gasteiger charge is 2.36. The number of benzene rings is 3. The van der Waals surface area contributed by atoms with E-state index in [-0.39, 0.29) is 16.9 Å². The molecule has 10 nitrogen and oxygen atoms in total. The molecule has 2 aromatic heterocycles. The Morgan fingerprint density at radius 3 is 2.21 bits per heavy atom. The van der Waals surface area contributed by atoms with E-state index in [0.717, 1.165) is 39.4 Å². The van der Waals surface area contributed by atoms with Crippen molar-refractivity contribution in [1.29, 1.82) is 0 Å². The summed E-state index contributed by atoms with van der Waals surface area (Å²) < 4.78 is 82.2. The summed E-state index contributed by atoms with van der Waals surface area (Å²) in [6.45, 7) is -1.78. The van der Waals surface area contributed by atoms with Crippen molar-refractivity contribution in [1.82, 2.24) is 24.6 Å². The first-order valence-electron chi connectivity index (χ1n) is 12.0. The van der Waals surface area contributed by atoms with E-state index in [2.05, 4.69) is 20.8 Å². The van der Waals surface area contributed by atoms with Crippen molar-refractivity contribution >= 4 is 39.7 Å². The summed E-state index contributed by atoms with van der Waals surface area (Å²) in [5.74, 6) is -2.08. The van der Waals surface area contributed by atoms with Crippen LogP contribution < -0.4 is 15.9 Å². The number of fused-ring (bicyclic) bond motifs is 3. The number of rotatable bonds is 6. The molecule has 16 heteroatoms. The minimum atomic E-state index is -4.92. The van der Waals surface area contributed by atoms with Crippen LogP contribution in [-0.2, 0) is 28.5 Å². The lowest BCUT2D eigenvalue weighted by atomic mass is 10.1. The van der Waals surface area contributed by atoms with E-state index in [0.29, 0.717) is 22.4 Å². The Kier molecular flexibility index (Phi) is 7.13. The fourth-order valence-electron chi connectivity index (χ4n) is 4.32. The number of aromatic nitrogens is 5. The highest BCUT2D eigenvalue weighted by atomic mass is 19.4. The van der Waals surface area contributed by atoms with Crippen LogP contribution >= 0.6 is 0 Å². The van der Waals surface area contributed by atoms with E-state index in [1.54, 1.807) is 18.2 Å². The maximum absolute atomic E-state index is 13.9. The summed E-state index contributed by atoms with van der Waals surface area (Å²) in [6, 6.07) is 13.6. The number of nitrogens with one attached hydrogen (secondary N) is 1.